The van der Waals surface area contributed by atoms with Crippen LogP contribution >= 0.6 is 22.9 Å². The highest BCUT2D eigenvalue weighted by atomic mass is 35.5. The van der Waals surface area contributed by atoms with Gasteiger partial charge in [0.1, 0.15) is 0 Å². The Kier molecular flexibility index (Phi) is 5.09. The minimum Gasteiger partial charge on any atom is -0.395 e. The maximum Gasteiger partial charge on any atom is 0.285 e. The van der Waals surface area contributed by atoms with Crippen molar-refractivity contribution in [2.75, 3.05) is 33.3 Å². The lowest BCUT2D eigenvalue weighted by Gasteiger charge is -2.36. The maximum absolute atomic E-state index is 12.4. The van der Waals surface area contributed by atoms with Crippen LogP contribution in [0.4, 0.5) is 0 Å². The van der Waals surface area contributed by atoms with Gasteiger partial charge in [-0.15, -0.1) is 10.2 Å². The molecule has 19 heavy (non-hydrogen) atoms. The van der Waals surface area contributed by atoms with Crippen LogP contribution in [-0.4, -0.2) is 70.3 Å². The van der Waals surface area contributed by atoms with Gasteiger partial charge in [0, 0.05) is 12.6 Å². The summed E-state index contributed by atoms with van der Waals surface area (Å²) >= 11 is 6.78. The van der Waals surface area contributed by atoms with Gasteiger partial charge in [-0.2, -0.15) is 0 Å². The summed E-state index contributed by atoms with van der Waals surface area (Å²) in [5, 5.41) is 16.9. The van der Waals surface area contributed by atoms with Crippen LogP contribution in [0, 0.1) is 0 Å². The number of likely N-dealkylation sites (tertiary alicyclic amines) is 1. The zero-order valence-corrected chi connectivity index (χ0v) is 12.3. The molecule has 1 N–H and O–H groups in total. The Morgan fingerprint density at radius 2 is 2.21 bits per heavy atom. The molecule has 0 radical (unpaired) electrons. The highest BCUT2D eigenvalue weighted by molar-refractivity contribution is 7.17. The average molecular weight is 305 g/mol. The van der Waals surface area contributed by atoms with Crippen LogP contribution in [0.3, 0.4) is 0 Å². The van der Waals surface area contributed by atoms with Gasteiger partial charge in [-0.1, -0.05) is 11.3 Å². The first-order chi connectivity index (χ1) is 9.11. The Labute approximate surface area is 121 Å². The number of aliphatic hydroxyl groups is 1. The number of piperidine rings is 1. The zero-order chi connectivity index (χ0) is 13.8. The third-order valence-corrected chi connectivity index (χ3v) is 4.32. The van der Waals surface area contributed by atoms with Crippen molar-refractivity contribution in [3.05, 3.63) is 9.47 Å². The van der Waals surface area contributed by atoms with E-state index >= 15 is 0 Å². The van der Waals surface area contributed by atoms with Crippen molar-refractivity contribution in [2.24, 2.45) is 0 Å². The maximum atomic E-state index is 12.4. The van der Waals surface area contributed by atoms with Gasteiger partial charge in [-0.05, 0) is 44.6 Å². The SMILES string of the molecule is CN1CCC(N(CCO)C(=O)c2nnc(Cl)s2)CC1. The highest BCUT2D eigenvalue weighted by Gasteiger charge is 2.29. The number of hydrogen-bond donors (Lipinski definition) is 1. The van der Waals surface area contributed by atoms with E-state index in [2.05, 4.69) is 22.1 Å². The molecular formula is C11H17ClN4O2S. The lowest BCUT2D eigenvalue weighted by molar-refractivity contribution is 0.0539. The predicted octanol–water partition coefficient (Wildman–Crippen LogP) is 0.720. The molecule has 0 saturated carbocycles. The van der Waals surface area contributed by atoms with Crippen LogP contribution in [0.2, 0.25) is 4.47 Å². The second kappa shape index (κ2) is 6.60. The molecule has 8 heteroatoms. The first-order valence-corrected chi connectivity index (χ1v) is 7.40. The van der Waals surface area contributed by atoms with Gasteiger partial charge in [0.25, 0.3) is 5.91 Å². The van der Waals surface area contributed by atoms with E-state index in [1.807, 2.05) is 0 Å². The van der Waals surface area contributed by atoms with Crippen molar-refractivity contribution in [1.29, 1.82) is 0 Å². The molecule has 2 rings (SSSR count). The molecule has 0 unspecified atom stereocenters. The molecule has 1 aromatic rings. The molecule has 1 amide bonds. The molecule has 6 nitrogen and oxygen atoms in total. The number of halogens is 1. The topological polar surface area (TPSA) is 69.6 Å². The van der Waals surface area contributed by atoms with Gasteiger partial charge in [-0.25, -0.2) is 0 Å². The molecule has 0 spiro atoms. The van der Waals surface area contributed by atoms with E-state index in [-0.39, 0.29) is 28.0 Å². The van der Waals surface area contributed by atoms with Crippen LogP contribution in [0.1, 0.15) is 22.6 Å². The van der Waals surface area contributed by atoms with Gasteiger partial charge in [0.15, 0.2) is 0 Å². The van der Waals surface area contributed by atoms with Gasteiger partial charge >= 0.3 is 0 Å². The summed E-state index contributed by atoms with van der Waals surface area (Å²) in [5.41, 5.74) is 0. The molecule has 1 saturated heterocycles. The molecule has 0 atom stereocenters. The van der Waals surface area contributed by atoms with Crippen LogP contribution in [0.5, 0.6) is 0 Å². The number of amides is 1. The summed E-state index contributed by atoms with van der Waals surface area (Å²) in [4.78, 5) is 16.3. The number of carbonyl (C=O) groups excluding carboxylic acids is 1. The fourth-order valence-electron chi connectivity index (χ4n) is 2.28. The van der Waals surface area contributed by atoms with Crippen LogP contribution in [0.25, 0.3) is 0 Å². The molecule has 0 aliphatic carbocycles. The largest absolute Gasteiger partial charge is 0.395 e. The summed E-state index contributed by atoms with van der Waals surface area (Å²) in [7, 11) is 2.07. The van der Waals surface area contributed by atoms with Crippen molar-refractivity contribution in [1.82, 2.24) is 20.0 Å². The van der Waals surface area contributed by atoms with E-state index in [9.17, 15) is 4.79 Å². The van der Waals surface area contributed by atoms with Crippen LogP contribution in [0.15, 0.2) is 0 Å². The fraction of sp³-hybridized carbons (Fsp3) is 0.727. The van der Waals surface area contributed by atoms with E-state index in [0.717, 1.165) is 37.3 Å². The fourth-order valence-corrected chi connectivity index (χ4v) is 3.06. The van der Waals surface area contributed by atoms with E-state index < -0.39 is 0 Å². The molecule has 1 aromatic heterocycles. The number of carbonyl (C=O) groups is 1. The summed E-state index contributed by atoms with van der Waals surface area (Å²) < 4.78 is 0.260. The number of nitrogens with zero attached hydrogens (tertiary/aromatic N) is 4. The Hall–Kier alpha value is -0.760. The van der Waals surface area contributed by atoms with E-state index in [1.165, 1.54) is 0 Å². The molecule has 0 aromatic carbocycles. The minimum atomic E-state index is -0.187. The molecule has 1 aliphatic heterocycles. The third-order valence-electron chi connectivity index (χ3n) is 3.31. The smallest absolute Gasteiger partial charge is 0.285 e. The monoisotopic (exact) mass is 304 g/mol. The van der Waals surface area contributed by atoms with Crippen molar-refractivity contribution in [3.63, 3.8) is 0 Å². The Balaban J connectivity index is 2.08. The molecule has 1 aliphatic rings. The van der Waals surface area contributed by atoms with E-state index in [1.54, 1.807) is 4.90 Å². The van der Waals surface area contributed by atoms with Gasteiger partial charge < -0.3 is 14.9 Å². The minimum absolute atomic E-state index is 0.0510. The van der Waals surface area contributed by atoms with E-state index in [0.29, 0.717) is 6.54 Å². The van der Waals surface area contributed by atoms with Crippen LogP contribution in [-0.2, 0) is 0 Å². The highest BCUT2D eigenvalue weighted by Crippen LogP contribution is 2.21. The summed E-state index contributed by atoms with van der Waals surface area (Å²) in [6, 6.07) is 0.151. The molecule has 106 valence electrons. The Morgan fingerprint density at radius 1 is 1.53 bits per heavy atom. The van der Waals surface area contributed by atoms with Gasteiger partial charge in [-0.3, -0.25) is 4.79 Å². The molecule has 2 heterocycles. The van der Waals surface area contributed by atoms with Crippen molar-refractivity contribution in [2.45, 2.75) is 18.9 Å². The van der Waals surface area contributed by atoms with Gasteiger partial charge in [0.05, 0.1) is 6.61 Å². The Bertz CT molecular complexity index is 434. The van der Waals surface area contributed by atoms with Crippen LogP contribution < -0.4 is 0 Å². The number of rotatable bonds is 4. The summed E-state index contributed by atoms with van der Waals surface area (Å²) in [6.45, 7) is 2.18. The van der Waals surface area contributed by atoms with Crippen molar-refractivity contribution < 1.29 is 9.90 Å². The van der Waals surface area contributed by atoms with E-state index in [4.69, 9.17) is 16.7 Å². The first-order valence-electron chi connectivity index (χ1n) is 6.21. The second-order valence-corrected chi connectivity index (χ2v) is 6.18. The predicted molar refractivity (Wildman–Crippen MR) is 73.6 cm³/mol. The quantitative estimate of drug-likeness (QED) is 0.887. The Morgan fingerprint density at radius 3 is 2.74 bits per heavy atom. The van der Waals surface area contributed by atoms with Gasteiger partial charge in [0.2, 0.25) is 9.47 Å². The summed E-state index contributed by atoms with van der Waals surface area (Å²) in [5.74, 6) is -0.187. The molecular weight excluding hydrogens is 288 g/mol. The number of hydrogen-bond acceptors (Lipinski definition) is 6. The molecule has 0 bridgehead atoms. The summed E-state index contributed by atoms with van der Waals surface area (Å²) in [6.07, 6.45) is 1.82. The number of aromatic nitrogens is 2. The first kappa shape index (κ1) is 14.6. The third kappa shape index (κ3) is 3.62. The van der Waals surface area contributed by atoms with Crippen molar-refractivity contribution >= 4 is 28.8 Å². The van der Waals surface area contributed by atoms with Crippen molar-refractivity contribution in [3.8, 4) is 0 Å². The molecule has 1 fully saturated rings. The normalized spacial score (nSPS) is 17.6. The average Bonchev–Trinajstić information content (AvgIpc) is 2.83. The zero-order valence-electron chi connectivity index (χ0n) is 10.8. The lowest BCUT2D eigenvalue weighted by Crippen LogP contribution is -2.47. The standard InChI is InChI=1S/C11H17ClN4O2S/c1-15-4-2-8(3-5-15)16(6-7-17)10(18)9-13-14-11(12)19-9/h8,17H,2-7H2,1H3. The number of aliphatic hydroxyl groups excluding tert-OH is 1. The second-order valence-electron chi connectivity index (χ2n) is 4.62. The lowest BCUT2D eigenvalue weighted by atomic mass is 10.0.